The van der Waals surface area contributed by atoms with Crippen LogP contribution in [0.15, 0.2) is 0 Å². The molecule has 0 aromatic carbocycles. The highest BCUT2D eigenvalue weighted by Gasteiger charge is 2.13. The van der Waals surface area contributed by atoms with Crippen LogP contribution in [0.3, 0.4) is 0 Å². The van der Waals surface area contributed by atoms with Crippen molar-refractivity contribution in [3.63, 3.8) is 0 Å². The van der Waals surface area contributed by atoms with Crippen molar-refractivity contribution in [3.05, 3.63) is 10.6 Å². The van der Waals surface area contributed by atoms with E-state index < -0.39 is 0 Å². The molecule has 0 unspecified atom stereocenters. The Morgan fingerprint density at radius 3 is 2.75 bits per heavy atom. The van der Waals surface area contributed by atoms with Crippen molar-refractivity contribution in [2.75, 3.05) is 38.8 Å². The Labute approximate surface area is 127 Å². The summed E-state index contributed by atoms with van der Waals surface area (Å²) in [6.07, 6.45) is 2.20. The molecular formula is C15H29N3OS. The molecule has 1 aromatic rings. The second-order valence-electron chi connectivity index (χ2n) is 5.56. The zero-order valence-electron chi connectivity index (χ0n) is 13.5. The number of thiazole rings is 1. The first kappa shape index (κ1) is 17.4. The van der Waals surface area contributed by atoms with E-state index in [0.29, 0.717) is 5.92 Å². The second kappa shape index (κ2) is 9.32. The first-order chi connectivity index (χ1) is 9.58. The Kier molecular flexibility index (Phi) is 8.11. The number of rotatable bonds is 10. The van der Waals surface area contributed by atoms with Crippen LogP contribution in [0, 0.1) is 5.92 Å². The summed E-state index contributed by atoms with van der Waals surface area (Å²) in [6.45, 7) is 10.3. The monoisotopic (exact) mass is 299 g/mol. The molecule has 0 bridgehead atoms. The molecule has 0 radical (unpaired) electrons. The fourth-order valence-electron chi connectivity index (χ4n) is 1.90. The molecule has 0 amide bonds. The molecule has 0 aliphatic heterocycles. The van der Waals surface area contributed by atoms with Gasteiger partial charge in [-0.25, -0.2) is 4.98 Å². The number of methoxy groups -OCH3 is 1. The highest BCUT2D eigenvalue weighted by molar-refractivity contribution is 7.15. The Hall–Kier alpha value is -0.650. The number of hydrogen-bond acceptors (Lipinski definition) is 5. The third kappa shape index (κ3) is 5.77. The van der Waals surface area contributed by atoms with Gasteiger partial charge in [-0.05, 0) is 18.9 Å². The van der Waals surface area contributed by atoms with Gasteiger partial charge >= 0.3 is 0 Å². The smallest absolute Gasteiger partial charge is 0.185 e. The van der Waals surface area contributed by atoms with Gasteiger partial charge in [0, 0.05) is 32.1 Å². The first-order valence-corrected chi connectivity index (χ1v) is 8.29. The maximum Gasteiger partial charge on any atom is 0.185 e. The molecule has 0 fully saturated rings. The molecule has 0 aliphatic rings. The zero-order chi connectivity index (χ0) is 15.0. The summed E-state index contributed by atoms with van der Waals surface area (Å²) >= 11 is 1.81. The van der Waals surface area contributed by atoms with Gasteiger partial charge in [-0.3, -0.25) is 0 Å². The average Bonchev–Trinajstić information content (AvgIpc) is 2.79. The van der Waals surface area contributed by atoms with Gasteiger partial charge in [-0.2, -0.15) is 0 Å². The number of likely N-dealkylation sites (N-methyl/N-ethyl adjacent to an activating group) is 1. The van der Waals surface area contributed by atoms with Crippen LogP contribution in [0.2, 0.25) is 0 Å². The molecule has 20 heavy (non-hydrogen) atoms. The molecule has 0 aliphatic carbocycles. The van der Waals surface area contributed by atoms with Crippen molar-refractivity contribution in [1.29, 1.82) is 0 Å². The molecule has 1 rings (SSSR count). The molecule has 4 nitrogen and oxygen atoms in total. The van der Waals surface area contributed by atoms with E-state index in [1.54, 1.807) is 18.4 Å². The van der Waals surface area contributed by atoms with E-state index in [2.05, 4.69) is 38.0 Å². The predicted octanol–water partition coefficient (Wildman–Crippen LogP) is 2.92. The number of ether oxygens (including phenoxy) is 1. The van der Waals surface area contributed by atoms with Crippen LogP contribution >= 0.6 is 11.3 Å². The summed E-state index contributed by atoms with van der Waals surface area (Å²) in [5.41, 5.74) is 1.26. The van der Waals surface area contributed by atoms with Crippen LogP contribution in [0.4, 0.5) is 5.13 Å². The minimum absolute atomic E-state index is 0.682. The number of nitrogens with one attached hydrogen (secondary N) is 1. The van der Waals surface area contributed by atoms with Crippen LogP contribution in [-0.2, 0) is 17.7 Å². The Morgan fingerprint density at radius 2 is 2.15 bits per heavy atom. The van der Waals surface area contributed by atoms with Gasteiger partial charge in [0.2, 0.25) is 0 Å². The van der Waals surface area contributed by atoms with E-state index in [1.807, 2.05) is 0 Å². The lowest BCUT2D eigenvalue weighted by molar-refractivity contribution is 0.206. The quantitative estimate of drug-likeness (QED) is 0.721. The van der Waals surface area contributed by atoms with Crippen molar-refractivity contribution in [1.82, 2.24) is 10.3 Å². The normalized spacial score (nSPS) is 11.3. The van der Waals surface area contributed by atoms with Crippen molar-refractivity contribution in [3.8, 4) is 0 Å². The minimum atomic E-state index is 0.682. The SMILES string of the molecule is CCCc1nc(N(C)CCOC)sc1CNCC(C)C. The van der Waals surface area contributed by atoms with Crippen molar-refractivity contribution in [2.24, 2.45) is 5.92 Å². The summed E-state index contributed by atoms with van der Waals surface area (Å²) in [5.74, 6) is 0.682. The Bertz CT molecular complexity index is 379. The Balaban J connectivity index is 2.68. The zero-order valence-corrected chi connectivity index (χ0v) is 14.3. The molecule has 0 saturated carbocycles. The van der Waals surface area contributed by atoms with E-state index in [4.69, 9.17) is 9.72 Å². The van der Waals surface area contributed by atoms with Gasteiger partial charge in [0.15, 0.2) is 5.13 Å². The van der Waals surface area contributed by atoms with Crippen LogP contribution in [0.25, 0.3) is 0 Å². The molecule has 1 heterocycles. The largest absolute Gasteiger partial charge is 0.383 e. The molecule has 116 valence electrons. The molecule has 1 N–H and O–H groups in total. The summed E-state index contributed by atoms with van der Waals surface area (Å²) in [5, 5.41) is 4.63. The van der Waals surface area contributed by atoms with Crippen LogP contribution in [0.1, 0.15) is 37.8 Å². The Morgan fingerprint density at radius 1 is 1.40 bits per heavy atom. The van der Waals surface area contributed by atoms with E-state index >= 15 is 0 Å². The molecule has 1 aromatic heterocycles. The molecule has 0 spiro atoms. The van der Waals surface area contributed by atoms with Crippen molar-refractivity contribution in [2.45, 2.75) is 40.2 Å². The summed E-state index contributed by atoms with van der Waals surface area (Å²) in [4.78, 5) is 8.36. The molecular weight excluding hydrogens is 270 g/mol. The lowest BCUT2D eigenvalue weighted by Gasteiger charge is -2.14. The predicted molar refractivity (Wildman–Crippen MR) is 87.8 cm³/mol. The first-order valence-electron chi connectivity index (χ1n) is 7.47. The number of anilines is 1. The number of nitrogens with zero attached hydrogens (tertiary/aromatic N) is 2. The van der Waals surface area contributed by atoms with E-state index in [-0.39, 0.29) is 0 Å². The van der Waals surface area contributed by atoms with E-state index in [1.165, 1.54) is 10.6 Å². The number of hydrogen-bond donors (Lipinski definition) is 1. The second-order valence-corrected chi connectivity index (χ2v) is 6.62. The maximum atomic E-state index is 5.13. The number of aryl methyl sites for hydroxylation is 1. The highest BCUT2D eigenvalue weighted by atomic mass is 32.1. The van der Waals surface area contributed by atoms with Crippen LogP contribution in [-0.4, -0.2) is 38.8 Å². The van der Waals surface area contributed by atoms with Gasteiger partial charge < -0.3 is 15.0 Å². The minimum Gasteiger partial charge on any atom is -0.383 e. The van der Waals surface area contributed by atoms with Gasteiger partial charge in [0.25, 0.3) is 0 Å². The molecule has 0 saturated heterocycles. The van der Waals surface area contributed by atoms with Gasteiger partial charge in [-0.15, -0.1) is 11.3 Å². The van der Waals surface area contributed by atoms with Crippen molar-refractivity contribution >= 4 is 16.5 Å². The van der Waals surface area contributed by atoms with Crippen molar-refractivity contribution < 1.29 is 4.74 Å². The highest BCUT2D eigenvalue weighted by Crippen LogP contribution is 2.26. The van der Waals surface area contributed by atoms with Gasteiger partial charge in [-0.1, -0.05) is 27.2 Å². The summed E-state index contributed by atoms with van der Waals surface area (Å²) in [6, 6.07) is 0. The third-order valence-electron chi connectivity index (χ3n) is 3.05. The van der Waals surface area contributed by atoms with Gasteiger partial charge in [0.1, 0.15) is 0 Å². The molecule has 5 heteroatoms. The third-order valence-corrected chi connectivity index (χ3v) is 4.26. The summed E-state index contributed by atoms with van der Waals surface area (Å²) < 4.78 is 5.13. The van der Waals surface area contributed by atoms with Gasteiger partial charge in [0.05, 0.1) is 12.3 Å². The van der Waals surface area contributed by atoms with Crippen LogP contribution in [0.5, 0.6) is 0 Å². The average molecular weight is 299 g/mol. The standard InChI is InChI=1S/C15H29N3OS/c1-6-7-13-14(11-16-10-12(2)3)20-15(17-13)18(4)8-9-19-5/h12,16H,6-11H2,1-5H3. The lowest BCUT2D eigenvalue weighted by Crippen LogP contribution is -2.21. The fraction of sp³-hybridized carbons (Fsp3) is 0.800. The summed E-state index contributed by atoms with van der Waals surface area (Å²) in [7, 11) is 3.82. The maximum absolute atomic E-state index is 5.13. The topological polar surface area (TPSA) is 37.4 Å². The lowest BCUT2D eigenvalue weighted by atomic mass is 10.2. The van der Waals surface area contributed by atoms with Crippen LogP contribution < -0.4 is 10.2 Å². The fourth-order valence-corrected chi connectivity index (χ4v) is 2.96. The number of aromatic nitrogens is 1. The van der Waals surface area contributed by atoms with E-state index in [9.17, 15) is 0 Å². The molecule has 0 atom stereocenters. The van der Waals surface area contributed by atoms with E-state index in [0.717, 1.165) is 44.2 Å².